The van der Waals surface area contributed by atoms with Crippen molar-refractivity contribution in [3.8, 4) is 0 Å². The Hall–Kier alpha value is -1.53. The molecule has 62 valence electrons. The maximum Gasteiger partial charge on any atom is 0.0992 e. The third-order valence-corrected chi connectivity index (χ3v) is 1.37. The molecule has 0 amide bonds. The highest BCUT2D eigenvalue weighted by Gasteiger charge is 1.93. The van der Waals surface area contributed by atoms with E-state index in [1.807, 2.05) is 42.8 Å². The van der Waals surface area contributed by atoms with Gasteiger partial charge in [0.05, 0.1) is 18.2 Å². The Morgan fingerprint density at radius 1 is 1.42 bits per heavy atom. The lowest BCUT2D eigenvalue weighted by molar-refractivity contribution is 1.12. The molecule has 0 spiro atoms. The molecule has 1 aromatic rings. The SMILES string of the molecule is C1=CC=Cn2cncc2C=1.CC. The maximum absolute atomic E-state index is 3.97. The standard InChI is InChI=1S/C8H6N2.C2H6/c1-2-4-8-6-9-7-10(8)5-3-1;1-2/h1,3-7H;1-2H3. The van der Waals surface area contributed by atoms with Gasteiger partial charge >= 0.3 is 0 Å². The van der Waals surface area contributed by atoms with Gasteiger partial charge in [-0.05, 0) is 12.2 Å². The minimum absolute atomic E-state index is 1.06. The summed E-state index contributed by atoms with van der Waals surface area (Å²) >= 11 is 0. The summed E-state index contributed by atoms with van der Waals surface area (Å²) in [6, 6.07) is 0. The zero-order valence-electron chi connectivity index (χ0n) is 7.36. The molecule has 1 aromatic heterocycles. The van der Waals surface area contributed by atoms with Crippen LogP contribution >= 0.6 is 0 Å². The highest BCUT2D eigenvalue weighted by Crippen LogP contribution is 2.03. The van der Waals surface area contributed by atoms with Gasteiger partial charge in [-0.25, -0.2) is 4.98 Å². The summed E-state index contributed by atoms with van der Waals surface area (Å²) in [5.41, 5.74) is 4.05. The summed E-state index contributed by atoms with van der Waals surface area (Å²) in [5, 5.41) is 0. The van der Waals surface area contributed by atoms with E-state index in [1.165, 1.54) is 0 Å². The predicted molar refractivity (Wildman–Crippen MR) is 51.5 cm³/mol. The van der Waals surface area contributed by atoms with Gasteiger partial charge in [-0.3, -0.25) is 0 Å². The van der Waals surface area contributed by atoms with E-state index < -0.39 is 0 Å². The number of fused-ring (bicyclic) bond motifs is 1. The van der Waals surface area contributed by atoms with Crippen molar-refractivity contribution < 1.29 is 0 Å². The second kappa shape index (κ2) is 4.37. The first-order chi connectivity index (χ1) is 5.97. The first kappa shape index (κ1) is 8.57. The number of nitrogens with zero attached hydrogens (tertiary/aromatic N) is 2. The van der Waals surface area contributed by atoms with Crippen LogP contribution in [0.2, 0.25) is 0 Å². The Morgan fingerprint density at radius 3 is 3.08 bits per heavy atom. The molecule has 12 heavy (non-hydrogen) atoms. The summed E-state index contributed by atoms with van der Waals surface area (Å²) in [4.78, 5) is 3.97. The van der Waals surface area contributed by atoms with E-state index in [1.54, 1.807) is 12.5 Å². The molecular formula is C10H12N2. The van der Waals surface area contributed by atoms with E-state index in [0.29, 0.717) is 0 Å². The number of hydrogen-bond acceptors (Lipinski definition) is 1. The Kier molecular flexibility index (Phi) is 3.12. The van der Waals surface area contributed by atoms with Crippen molar-refractivity contribution in [3.05, 3.63) is 36.1 Å². The van der Waals surface area contributed by atoms with Crippen LogP contribution in [0.5, 0.6) is 0 Å². The Bertz CT molecular complexity index is 325. The molecule has 0 atom stereocenters. The predicted octanol–water partition coefficient (Wildman–Crippen LogP) is 2.56. The smallest absolute Gasteiger partial charge is 0.0992 e. The van der Waals surface area contributed by atoms with Crippen molar-refractivity contribution in [2.24, 2.45) is 0 Å². The van der Waals surface area contributed by atoms with Crippen LogP contribution in [-0.2, 0) is 0 Å². The van der Waals surface area contributed by atoms with E-state index in [2.05, 4.69) is 10.7 Å². The second-order valence-corrected chi connectivity index (χ2v) is 2.04. The molecule has 0 aromatic carbocycles. The van der Waals surface area contributed by atoms with Gasteiger partial charge in [0, 0.05) is 12.3 Å². The van der Waals surface area contributed by atoms with Crippen LogP contribution in [0.25, 0.3) is 12.3 Å². The van der Waals surface area contributed by atoms with Crippen LogP contribution in [-0.4, -0.2) is 9.55 Å². The summed E-state index contributed by atoms with van der Waals surface area (Å²) < 4.78 is 1.94. The molecule has 0 aliphatic carbocycles. The molecule has 1 aliphatic rings. The topological polar surface area (TPSA) is 17.8 Å². The average Bonchev–Trinajstić information content (AvgIpc) is 2.46. The zero-order chi connectivity index (χ0) is 8.81. The van der Waals surface area contributed by atoms with Gasteiger partial charge < -0.3 is 4.57 Å². The largest absolute Gasteiger partial charge is 0.306 e. The highest BCUT2D eigenvalue weighted by atomic mass is 15.0. The first-order valence-corrected chi connectivity index (χ1v) is 4.08. The fourth-order valence-electron chi connectivity index (χ4n) is 0.876. The lowest BCUT2D eigenvalue weighted by atomic mass is 10.4. The number of aromatic nitrogens is 2. The summed E-state index contributed by atoms with van der Waals surface area (Å²) in [6.45, 7) is 4.00. The normalized spacial score (nSPS) is 11.5. The van der Waals surface area contributed by atoms with Crippen LogP contribution in [0.3, 0.4) is 0 Å². The van der Waals surface area contributed by atoms with Crippen LogP contribution < -0.4 is 0 Å². The summed E-state index contributed by atoms with van der Waals surface area (Å²) in [7, 11) is 0. The maximum atomic E-state index is 3.97. The first-order valence-electron chi connectivity index (χ1n) is 4.08. The van der Waals surface area contributed by atoms with Crippen molar-refractivity contribution >= 4 is 12.3 Å². The lowest BCUT2D eigenvalue weighted by Gasteiger charge is -1.91. The minimum atomic E-state index is 1.06. The molecule has 2 nitrogen and oxygen atoms in total. The molecule has 0 N–H and O–H groups in total. The fourth-order valence-corrected chi connectivity index (χ4v) is 0.876. The number of hydrogen-bond donors (Lipinski definition) is 0. The van der Waals surface area contributed by atoms with Crippen molar-refractivity contribution in [3.63, 3.8) is 0 Å². The molecule has 1 aliphatic heterocycles. The Labute approximate surface area is 72.6 Å². The third-order valence-electron chi connectivity index (χ3n) is 1.37. The molecule has 0 fully saturated rings. The lowest BCUT2D eigenvalue weighted by Crippen LogP contribution is -1.83. The van der Waals surface area contributed by atoms with Crippen LogP contribution in [0.15, 0.2) is 30.4 Å². The van der Waals surface area contributed by atoms with Gasteiger partial charge in [-0.1, -0.05) is 13.8 Å². The second-order valence-electron chi connectivity index (χ2n) is 2.04. The van der Waals surface area contributed by atoms with Gasteiger partial charge in [0.2, 0.25) is 0 Å². The molecule has 0 saturated heterocycles. The van der Waals surface area contributed by atoms with E-state index >= 15 is 0 Å². The Morgan fingerprint density at radius 2 is 2.25 bits per heavy atom. The molecule has 0 unspecified atom stereocenters. The molecule has 2 heteroatoms. The molecule has 2 rings (SSSR count). The third kappa shape index (κ3) is 1.74. The van der Waals surface area contributed by atoms with Gasteiger partial charge in [0.1, 0.15) is 0 Å². The summed E-state index contributed by atoms with van der Waals surface area (Å²) in [5.74, 6) is 0. The Balaban J connectivity index is 0.000000336. The van der Waals surface area contributed by atoms with Gasteiger partial charge in [0.15, 0.2) is 0 Å². The van der Waals surface area contributed by atoms with E-state index in [4.69, 9.17) is 0 Å². The van der Waals surface area contributed by atoms with Crippen molar-refractivity contribution in [1.82, 2.24) is 9.55 Å². The fraction of sp³-hybridized carbons (Fsp3) is 0.200. The highest BCUT2D eigenvalue weighted by molar-refractivity contribution is 5.50. The molecular weight excluding hydrogens is 148 g/mol. The number of rotatable bonds is 0. The molecule has 0 bridgehead atoms. The zero-order valence-corrected chi connectivity index (χ0v) is 7.36. The number of allylic oxidation sites excluding steroid dienone is 2. The summed E-state index contributed by atoms with van der Waals surface area (Å²) in [6.07, 6.45) is 11.2. The van der Waals surface area contributed by atoms with Crippen molar-refractivity contribution in [1.29, 1.82) is 0 Å². The molecule has 0 radical (unpaired) electrons. The van der Waals surface area contributed by atoms with E-state index in [-0.39, 0.29) is 0 Å². The van der Waals surface area contributed by atoms with Gasteiger partial charge in [-0.15, -0.1) is 5.73 Å². The monoisotopic (exact) mass is 160 g/mol. The van der Waals surface area contributed by atoms with Crippen molar-refractivity contribution in [2.45, 2.75) is 13.8 Å². The van der Waals surface area contributed by atoms with Gasteiger partial charge in [-0.2, -0.15) is 0 Å². The van der Waals surface area contributed by atoms with Crippen LogP contribution in [0.1, 0.15) is 19.5 Å². The average molecular weight is 160 g/mol. The van der Waals surface area contributed by atoms with Crippen LogP contribution in [0, 0.1) is 0 Å². The van der Waals surface area contributed by atoms with E-state index in [0.717, 1.165) is 5.69 Å². The minimum Gasteiger partial charge on any atom is -0.306 e. The quantitative estimate of drug-likeness (QED) is 0.533. The van der Waals surface area contributed by atoms with Gasteiger partial charge in [0.25, 0.3) is 0 Å². The molecule has 0 saturated carbocycles. The number of imidazole rings is 1. The molecule has 2 heterocycles. The van der Waals surface area contributed by atoms with Crippen LogP contribution in [0.4, 0.5) is 0 Å². The van der Waals surface area contributed by atoms with E-state index in [9.17, 15) is 0 Å². The van der Waals surface area contributed by atoms with Crippen molar-refractivity contribution in [2.75, 3.05) is 0 Å².